The fourth-order valence-electron chi connectivity index (χ4n) is 3.12. The second kappa shape index (κ2) is 6.07. The number of imidazole rings is 1. The summed E-state index contributed by atoms with van der Waals surface area (Å²) in [6.07, 6.45) is 9.19. The van der Waals surface area contributed by atoms with Gasteiger partial charge in [-0.25, -0.2) is 14.4 Å². The van der Waals surface area contributed by atoms with Gasteiger partial charge in [-0.2, -0.15) is 4.98 Å². The maximum atomic E-state index is 13.4. The minimum absolute atomic E-state index is 0.0621. The summed E-state index contributed by atoms with van der Waals surface area (Å²) < 4.78 is 13.4. The standard InChI is InChI=1S/C17H18FN5O/c18-12-8-13-11(9-19-15(13)20-10-12)7-14-16(24)22-17(21-14)23-5-3-1-2-4-6-23/h7-10,24H,1-6H2,(H,21,22)/b11-7-. The zero-order valence-electron chi connectivity index (χ0n) is 13.2. The lowest BCUT2D eigenvalue weighted by Crippen LogP contribution is -2.24. The fourth-order valence-corrected chi connectivity index (χ4v) is 3.12. The van der Waals surface area contributed by atoms with Crippen LogP contribution >= 0.6 is 0 Å². The van der Waals surface area contributed by atoms with Gasteiger partial charge in [0.2, 0.25) is 11.8 Å². The number of nitrogens with one attached hydrogen (secondary N) is 1. The Morgan fingerprint density at radius 3 is 2.79 bits per heavy atom. The molecular weight excluding hydrogens is 309 g/mol. The Morgan fingerprint density at radius 2 is 2.00 bits per heavy atom. The molecule has 2 aliphatic heterocycles. The van der Waals surface area contributed by atoms with Gasteiger partial charge in [0, 0.05) is 30.4 Å². The Balaban J connectivity index is 1.64. The zero-order valence-corrected chi connectivity index (χ0v) is 13.2. The van der Waals surface area contributed by atoms with Crippen LogP contribution in [0.2, 0.25) is 0 Å². The first-order valence-corrected chi connectivity index (χ1v) is 8.16. The molecule has 0 amide bonds. The molecule has 2 aromatic heterocycles. The van der Waals surface area contributed by atoms with Gasteiger partial charge in [0.1, 0.15) is 11.5 Å². The van der Waals surface area contributed by atoms with Crippen LogP contribution in [0.4, 0.5) is 16.2 Å². The van der Waals surface area contributed by atoms with Crippen LogP contribution in [-0.4, -0.2) is 39.4 Å². The monoisotopic (exact) mass is 327 g/mol. The fraction of sp³-hybridized carbons (Fsp3) is 0.353. The molecule has 0 aliphatic carbocycles. The number of fused-ring (bicyclic) bond motifs is 1. The smallest absolute Gasteiger partial charge is 0.238 e. The van der Waals surface area contributed by atoms with Gasteiger partial charge in [-0.15, -0.1) is 0 Å². The largest absolute Gasteiger partial charge is 0.492 e. The Bertz CT molecular complexity index is 818. The predicted molar refractivity (Wildman–Crippen MR) is 91.2 cm³/mol. The van der Waals surface area contributed by atoms with Crippen LogP contribution in [0.1, 0.15) is 36.9 Å². The van der Waals surface area contributed by atoms with E-state index in [1.165, 1.54) is 18.9 Å². The predicted octanol–water partition coefficient (Wildman–Crippen LogP) is 3.29. The summed E-state index contributed by atoms with van der Waals surface area (Å²) in [5.74, 6) is 0.681. The molecule has 124 valence electrons. The summed E-state index contributed by atoms with van der Waals surface area (Å²) in [5, 5.41) is 10.1. The Hall–Kier alpha value is -2.70. The third-order valence-corrected chi connectivity index (χ3v) is 4.37. The zero-order chi connectivity index (χ0) is 16.5. The van der Waals surface area contributed by atoms with Crippen molar-refractivity contribution in [2.75, 3.05) is 18.0 Å². The maximum Gasteiger partial charge on any atom is 0.238 e. The van der Waals surface area contributed by atoms with Gasteiger partial charge in [0.25, 0.3) is 0 Å². The Labute approximate surface area is 138 Å². The van der Waals surface area contributed by atoms with Crippen molar-refractivity contribution < 1.29 is 9.50 Å². The summed E-state index contributed by atoms with van der Waals surface area (Å²) in [5.41, 5.74) is 1.80. The molecule has 0 radical (unpaired) electrons. The van der Waals surface area contributed by atoms with E-state index in [1.807, 2.05) is 0 Å². The molecule has 24 heavy (non-hydrogen) atoms. The van der Waals surface area contributed by atoms with Crippen LogP contribution in [0.5, 0.6) is 5.88 Å². The number of aromatic hydroxyl groups is 1. The average molecular weight is 327 g/mol. The maximum absolute atomic E-state index is 13.4. The Kier molecular flexibility index (Phi) is 3.76. The number of aliphatic imine (C=N–C) groups is 1. The molecule has 2 aliphatic rings. The minimum atomic E-state index is -0.413. The summed E-state index contributed by atoms with van der Waals surface area (Å²) >= 11 is 0. The third-order valence-electron chi connectivity index (χ3n) is 4.37. The Morgan fingerprint density at radius 1 is 1.21 bits per heavy atom. The molecule has 4 rings (SSSR count). The second-order valence-corrected chi connectivity index (χ2v) is 6.08. The van der Waals surface area contributed by atoms with Crippen molar-refractivity contribution in [3.8, 4) is 5.88 Å². The molecule has 2 N–H and O–H groups in total. The molecule has 1 saturated heterocycles. The van der Waals surface area contributed by atoms with Crippen molar-refractivity contribution in [1.29, 1.82) is 0 Å². The van der Waals surface area contributed by atoms with Crippen LogP contribution in [0, 0.1) is 5.82 Å². The quantitative estimate of drug-likeness (QED) is 0.887. The number of anilines is 1. The van der Waals surface area contributed by atoms with Crippen molar-refractivity contribution in [3.05, 3.63) is 29.3 Å². The van der Waals surface area contributed by atoms with Crippen LogP contribution < -0.4 is 4.90 Å². The number of hydrogen-bond donors (Lipinski definition) is 2. The molecule has 1 fully saturated rings. The first kappa shape index (κ1) is 14.9. The first-order chi connectivity index (χ1) is 11.7. The van der Waals surface area contributed by atoms with Gasteiger partial charge in [-0.3, -0.25) is 0 Å². The van der Waals surface area contributed by atoms with Gasteiger partial charge in [-0.1, -0.05) is 12.8 Å². The molecule has 6 nitrogen and oxygen atoms in total. The van der Waals surface area contributed by atoms with Crippen molar-refractivity contribution in [2.24, 2.45) is 4.99 Å². The van der Waals surface area contributed by atoms with Gasteiger partial charge >= 0.3 is 0 Å². The molecule has 2 aromatic rings. The van der Waals surface area contributed by atoms with E-state index in [0.29, 0.717) is 28.6 Å². The lowest BCUT2D eigenvalue weighted by Gasteiger charge is -2.18. The molecule has 7 heteroatoms. The van der Waals surface area contributed by atoms with Crippen LogP contribution in [0.3, 0.4) is 0 Å². The highest BCUT2D eigenvalue weighted by atomic mass is 19.1. The van der Waals surface area contributed by atoms with Gasteiger partial charge < -0.3 is 15.0 Å². The number of H-pyrrole nitrogens is 1. The van der Waals surface area contributed by atoms with Crippen molar-refractivity contribution >= 4 is 29.6 Å². The van der Waals surface area contributed by atoms with Crippen LogP contribution in [0.15, 0.2) is 17.3 Å². The van der Waals surface area contributed by atoms with E-state index in [1.54, 1.807) is 12.3 Å². The molecule has 0 spiro atoms. The number of aromatic nitrogens is 3. The lowest BCUT2D eigenvalue weighted by atomic mass is 10.1. The number of halogens is 1. The highest BCUT2D eigenvalue weighted by molar-refractivity contribution is 6.20. The van der Waals surface area contributed by atoms with Gasteiger partial charge in [-0.05, 0) is 25.0 Å². The van der Waals surface area contributed by atoms with Crippen molar-refractivity contribution in [3.63, 3.8) is 0 Å². The summed E-state index contributed by atoms with van der Waals surface area (Å²) in [4.78, 5) is 17.7. The topological polar surface area (TPSA) is 77.4 Å². The number of hydrogen-bond acceptors (Lipinski definition) is 5. The molecular formula is C17H18FN5O. The molecule has 0 bridgehead atoms. The minimum Gasteiger partial charge on any atom is -0.492 e. The van der Waals surface area contributed by atoms with Crippen LogP contribution in [0.25, 0.3) is 11.6 Å². The number of nitrogens with zero attached hydrogens (tertiary/aromatic N) is 4. The van der Waals surface area contributed by atoms with E-state index < -0.39 is 5.82 Å². The summed E-state index contributed by atoms with van der Waals surface area (Å²) in [7, 11) is 0. The highest BCUT2D eigenvalue weighted by Crippen LogP contribution is 2.32. The van der Waals surface area contributed by atoms with Crippen LogP contribution in [-0.2, 0) is 0 Å². The van der Waals surface area contributed by atoms with Gasteiger partial charge in [0.05, 0.1) is 6.20 Å². The SMILES string of the molecule is Oc1nc(N2CCCCCC2)[nH]c1/C=C1/C=Nc2ncc(F)cc21. The van der Waals surface area contributed by atoms with E-state index >= 15 is 0 Å². The normalized spacial score (nSPS) is 18.9. The van der Waals surface area contributed by atoms with E-state index in [4.69, 9.17) is 0 Å². The van der Waals surface area contributed by atoms with E-state index in [0.717, 1.165) is 32.1 Å². The van der Waals surface area contributed by atoms with E-state index in [-0.39, 0.29) is 5.88 Å². The number of aromatic amines is 1. The lowest BCUT2D eigenvalue weighted by molar-refractivity contribution is 0.455. The molecule has 0 unspecified atom stereocenters. The molecule has 0 aromatic carbocycles. The molecule has 0 saturated carbocycles. The number of allylic oxidation sites excluding steroid dienone is 1. The van der Waals surface area contributed by atoms with Crippen molar-refractivity contribution in [1.82, 2.24) is 15.0 Å². The third kappa shape index (κ3) is 2.77. The summed E-state index contributed by atoms with van der Waals surface area (Å²) in [6.45, 7) is 1.87. The number of pyridine rings is 1. The van der Waals surface area contributed by atoms with E-state index in [2.05, 4.69) is 24.8 Å². The average Bonchev–Trinajstić information content (AvgIpc) is 3.01. The van der Waals surface area contributed by atoms with Gasteiger partial charge in [0.15, 0.2) is 5.82 Å². The summed E-state index contributed by atoms with van der Waals surface area (Å²) in [6, 6.07) is 1.39. The molecule has 4 heterocycles. The highest BCUT2D eigenvalue weighted by Gasteiger charge is 2.18. The number of rotatable bonds is 2. The van der Waals surface area contributed by atoms with Crippen molar-refractivity contribution in [2.45, 2.75) is 25.7 Å². The molecule has 0 atom stereocenters. The second-order valence-electron chi connectivity index (χ2n) is 6.08. The van der Waals surface area contributed by atoms with E-state index in [9.17, 15) is 9.50 Å². The first-order valence-electron chi connectivity index (χ1n) is 8.16.